The van der Waals surface area contributed by atoms with Crippen LogP contribution in [0.2, 0.25) is 6.04 Å². The van der Waals surface area contributed by atoms with E-state index >= 15 is 0 Å². The summed E-state index contributed by atoms with van der Waals surface area (Å²) < 4.78 is 54.3. The van der Waals surface area contributed by atoms with Crippen LogP contribution in [0.25, 0.3) is 0 Å². The Kier molecular flexibility index (Phi) is 7.81. The first-order chi connectivity index (χ1) is 12.0. The average Bonchev–Trinajstić information content (AvgIpc) is 2.47. The monoisotopic (exact) mass is 392 g/mol. The molecule has 0 unspecified atom stereocenters. The van der Waals surface area contributed by atoms with E-state index in [1.165, 1.54) is 0 Å². The quantitative estimate of drug-likeness (QED) is 0.384. The van der Waals surface area contributed by atoms with Crippen molar-refractivity contribution in [2.45, 2.75) is 46.1 Å². The summed E-state index contributed by atoms with van der Waals surface area (Å²) in [7, 11) is -3.91. The second-order valence-electron chi connectivity index (χ2n) is 5.54. The predicted molar refractivity (Wildman–Crippen MR) is 85.1 cm³/mol. The second kappa shape index (κ2) is 9.37. The highest BCUT2D eigenvalue weighted by atomic mass is 28.4. The molecular weight excluding hydrogens is 373 g/mol. The molecule has 1 aromatic rings. The molecule has 0 fully saturated rings. The van der Waals surface area contributed by atoms with Gasteiger partial charge in [0.1, 0.15) is 0 Å². The van der Waals surface area contributed by atoms with Crippen LogP contribution in [-0.2, 0) is 34.1 Å². The standard InChI is InChI=1S/C16H19F3O6Si/c1-10(20)23-26(24-11(2)21,25-12(3)22)7-5-4-6-13-8-14(17)16(19)15(18)9-13/h8-9H,4-7H2,1-3H3. The van der Waals surface area contributed by atoms with Crippen LogP contribution in [0.1, 0.15) is 39.2 Å². The molecule has 0 amide bonds. The molecule has 1 aromatic carbocycles. The summed E-state index contributed by atoms with van der Waals surface area (Å²) in [6.07, 6.45) is 0.794. The van der Waals surface area contributed by atoms with E-state index in [0.29, 0.717) is 6.42 Å². The van der Waals surface area contributed by atoms with Crippen LogP contribution in [0.5, 0.6) is 0 Å². The lowest BCUT2D eigenvalue weighted by Crippen LogP contribution is -2.49. The van der Waals surface area contributed by atoms with Crippen LogP contribution in [0.3, 0.4) is 0 Å². The molecule has 0 N–H and O–H groups in total. The highest BCUT2D eigenvalue weighted by Gasteiger charge is 2.51. The molecule has 0 atom stereocenters. The summed E-state index contributed by atoms with van der Waals surface area (Å²) in [4.78, 5) is 33.9. The van der Waals surface area contributed by atoms with Gasteiger partial charge in [-0.25, -0.2) is 13.2 Å². The maximum Gasteiger partial charge on any atom is 0.705 e. The third-order valence-corrected chi connectivity index (χ3v) is 5.90. The highest BCUT2D eigenvalue weighted by molar-refractivity contribution is 6.65. The number of carbonyl (C=O) groups is 3. The van der Waals surface area contributed by atoms with E-state index in [9.17, 15) is 27.6 Å². The number of hydrogen-bond acceptors (Lipinski definition) is 6. The van der Waals surface area contributed by atoms with Crippen LogP contribution in [-0.4, -0.2) is 26.7 Å². The molecule has 0 bridgehead atoms. The molecule has 0 saturated carbocycles. The maximum absolute atomic E-state index is 13.2. The van der Waals surface area contributed by atoms with Crippen molar-refractivity contribution in [3.8, 4) is 0 Å². The lowest BCUT2D eigenvalue weighted by atomic mass is 10.1. The number of halogens is 3. The number of carbonyl (C=O) groups excluding carboxylic acids is 3. The van der Waals surface area contributed by atoms with Gasteiger partial charge in [-0.1, -0.05) is 0 Å². The Hall–Kier alpha value is -2.36. The van der Waals surface area contributed by atoms with Crippen LogP contribution in [0.15, 0.2) is 12.1 Å². The summed E-state index contributed by atoms with van der Waals surface area (Å²) >= 11 is 0. The molecule has 0 aromatic heterocycles. The smallest absolute Gasteiger partial charge is 0.455 e. The molecule has 26 heavy (non-hydrogen) atoms. The first kappa shape index (κ1) is 21.7. The van der Waals surface area contributed by atoms with Crippen molar-refractivity contribution in [2.24, 2.45) is 0 Å². The van der Waals surface area contributed by atoms with E-state index in [-0.39, 0.29) is 24.4 Å². The molecule has 0 aliphatic heterocycles. The summed E-state index contributed by atoms with van der Waals surface area (Å²) in [5.41, 5.74) is 0.237. The second-order valence-corrected chi connectivity index (χ2v) is 8.02. The van der Waals surface area contributed by atoms with Crippen LogP contribution >= 0.6 is 0 Å². The molecule has 0 saturated heterocycles. The zero-order valence-corrected chi connectivity index (χ0v) is 15.6. The third-order valence-electron chi connectivity index (χ3n) is 3.14. The van der Waals surface area contributed by atoms with Gasteiger partial charge < -0.3 is 13.3 Å². The number of hydrogen-bond donors (Lipinski definition) is 0. The van der Waals surface area contributed by atoms with E-state index in [1.807, 2.05) is 0 Å². The van der Waals surface area contributed by atoms with Crippen LogP contribution in [0, 0.1) is 17.5 Å². The Labute approximate surface area is 149 Å². The lowest BCUT2D eigenvalue weighted by molar-refractivity contribution is -0.147. The molecule has 0 heterocycles. The largest absolute Gasteiger partial charge is 0.705 e. The van der Waals surface area contributed by atoms with Gasteiger partial charge in [0.25, 0.3) is 17.9 Å². The summed E-state index contributed by atoms with van der Waals surface area (Å²) in [5, 5.41) is 0. The van der Waals surface area contributed by atoms with Crippen molar-refractivity contribution in [1.29, 1.82) is 0 Å². The topological polar surface area (TPSA) is 78.9 Å². The van der Waals surface area contributed by atoms with Crippen LogP contribution in [0.4, 0.5) is 13.2 Å². The minimum Gasteiger partial charge on any atom is -0.455 e. The number of benzene rings is 1. The Morgan fingerprint density at radius 2 is 1.27 bits per heavy atom. The van der Waals surface area contributed by atoms with Gasteiger partial charge in [0.15, 0.2) is 17.5 Å². The van der Waals surface area contributed by atoms with Crippen molar-refractivity contribution in [1.82, 2.24) is 0 Å². The fraction of sp³-hybridized carbons (Fsp3) is 0.438. The Morgan fingerprint density at radius 3 is 1.65 bits per heavy atom. The highest BCUT2D eigenvalue weighted by Crippen LogP contribution is 2.22. The van der Waals surface area contributed by atoms with Gasteiger partial charge in [-0.05, 0) is 37.0 Å². The fourth-order valence-corrected chi connectivity index (χ4v) is 4.72. The first-order valence-corrected chi connectivity index (χ1v) is 9.70. The minimum absolute atomic E-state index is 0.0438. The van der Waals surface area contributed by atoms with Gasteiger partial charge in [-0.3, -0.25) is 14.4 Å². The molecule has 144 valence electrons. The van der Waals surface area contributed by atoms with Crippen molar-refractivity contribution in [2.75, 3.05) is 0 Å². The number of aryl methyl sites for hydroxylation is 1. The van der Waals surface area contributed by atoms with Crippen molar-refractivity contribution in [3.05, 3.63) is 35.1 Å². The molecule has 6 nitrogen and oxygen atoms in total. The van der Waals surface area contributed by atoms with Crippen LogP contribution < -0.4 is 0 Å². The van der Waals surface area contributed by atoms with Gasteiger partial charge in [0.05, 0.1) is 6.04 Å². The molecular formula is C16H19F3O6Si. The van der Waals surface area contributed by atoms with Gasteiger partial charge in [0, 0.05) is 20.8 Å². The fourth-order valence-electron chi connectivity index (χ4n) is 2.30. The molecule has 10 heteroatoms. The van der Waals surface area contributed by atoms with Gasteiger partial charge >= 0.3 is 8.80 Å². The number of unbranched alkanes of at least 4 members (excludes halogenated alkanes) is 1. The van der Waals surface area contributed by atoms with E-state index in [2.05, 4.69) is 0 Å². The van der Waals surface area contributed by atoms with Gasteiger partial charge in [-0.2, -0.15) is 0 Å². The van der Waals surface area contributed by atoms with Crippen molar-refractivity contribution in [3.63, 3.8) is 0 Å². The van der Waals surface area contributed by atoms with Crippen molar-refractivity contribution < 1.29 is 40.8 Å². The first-order valence-electron chi connectivity index (χ1n) is 7.77. The molecule has 0 aliphatic rings. The third kappa shape index (κ3) is 6.87. The summed E-state index contributed by atoms with van der Waals surface area (Å²) in [6.45, 7) is 3.25. The van der Waals surface area contributed by atoms with Crippen molar-refractivity contribution >= 4 is 26.7 Å². The molecule has 0 aliphatic carbocycles. The lowest BCUT2D eigenvalue weighted by Gasteiger charge is -2.26. The Morgan fingerprint density at radius 1 is 0.846 bits per heavy atom. The van der Waals surface area contributed by atoms with E-state index in [1.54, 1.807) is 0 Å². The van der Waals surface area contributed by atoms with Gasteiger partial charge in [0.2, 0.25) is 0 Å². The molecule has 1 rings (SSSR count). The summed E-state index contributed by atoms with van der Waals surface area (Å²) in [5.74, 6) is -6.45. The SMILES string of the molecule is CC(=O)O[Si](CCCCc1cc(F)c(F)c(F)c1)(OC(C)=O)OC(C)=O. The Bertz CT molecular complexity index is 631. The minimum atomic E-state index is -3.91. The predicted octanol–water partition coefficient (Wildman–Crippen LogP) is 3.05. The normalized spacial score (nSPS) is 11.0. The number of rotatable bonds is 8. The zero-order valence-electron chi connectivity index (χ0n) is 14.6. The average molecular weight is 392 g/mol. The zero-order chi connectivity index (χ0) is 19.9. The Balaban J connectivity index is 2.77. The molecule has 0 spiro atoms. The van der Waals surface area contributed by atoms with E-state index in [4.69, 9.17) is 13.3 Å². The summed E-state index contributed by atoms with van der Waals surface area (Å²) in [6, 6.07) is 1.72. The molecule has 0 radical (unpaired) electrons. The van der Waals surface area contributed by atoms with E-state index < -0.39 is 44.2 Å². The van der Waals surface area contributed by atoms with E-state index in [0.717, 1.165) is 32.9 Å². The van der Waals surface area contributed by atoms with Gasteiger partial charge in [-0.15, -0.1) is 0 Å². The maximum atomic E-state index is 13.2.